The number of aryl methyl sites for hydroxylation is 2. The minimum atomic E-state index is 1.05. The van der Waals surface area contributed by atoms with Crippen molar-refractivity contribution in [1.29, 1.82) is 0 Å². The molecule has 0 saturated heterocycles. The average molecular weight is 266 g/mol. The largest absolute Gasteiger partial charge is 0.312 e. The Morgan fingerprint density at radius 1 is 0.800 bits per heavy atom. The fourth-order valence-corrected chi connectivity index (χ4v) is 2.98. The normalized spacial score (nSPS) is 16.4. The molecule has 20 heavy (non-hydrogen) atoms. The van der Waals surface area contributed by atoms with Gasteiger partial charge in [-0.3, -0.25) is 4.98 Å². The zero-order valence-electron chi connectivity index (χ0n) is 11.9. The quantitative estimate of drug-likeness (QED) is 0.791. The molecular weight excluding hydrogens is 244 g/mol. The Kier molecular flexibility index (Phi) is 4.44. The maximum atomic E-state index is 4.10. The predicted octanol–water partition coefficient (Wildman–Crippen LogP) is 3.29. The van der Waals surface area contributed by atoms with Gasteiger partial charge < -0.3 is 5.32 Å². The minimum absolute atomic E-state index is 1.05. The maximum Gasteiger partial charge on any atom is 0.0302 e. The van der Waals surface area contributed by atoms with E-state index in [1.807, 2.05) is 12.4 Å². The minimum Gasteiger partial charge on any atom is -0.312 e. The van der Waals surface area contributed by atoms with Crippen LogP contribution in [0.5, 0.6) is 0 Å². The first-order valence-electron chi connectivity index (χ1n) is 7.63. The molecule has 0 unspecified atom stereocenters. The van der Waals surface area contributed by atoms with Gasteiger partial charge in [-0.2, -0.15) is 0 Å². The van der Waals surface area contributed by atoms with E-state index in [0.717, 1.165) is 13.1 Å². The summed E-state index contributed by atoms with van der Waals surface area (Å²) in [4.78, 5) is 4.10. The number of hydrogen-bond acceptors (Lipinski definition) is 2. The summed E-state index contributed by atoms with van der Waals surface area (Å²) in [5.74, 6) is 0. The van der Waals surface area contributed by atoms with Gasteiger partial charge in [0.25, 0.3) is 0 Å². The number of rotatable bonds is 0. The second kappa shape index (κ2) is 6.67. The molecule has 0 spiro atoms. The van der Waals surface area contributed by atoms with E-state index in [2.05, 4.69) is 40.6 Å². The van der Waals surface area contributed by atoms with Crippen molar-refractivity contribution in [2.24, 2.45) is 0 Å². The van der Waals surface area contributed by atoms with Gasteiger partial charge in [0.15, 0.2) is 0 Å². The lowest BCUT2D eigenvalue weighted by atomic mass is 9.94. The van der Waals surface area contributed by atoms with Gasteiger partial charge in [-0.15, -0.1) is 0 Å². The summed E-state index contributed by atoms with van der Waals surface area (Å²) in [6, 6.07) is 10.8. The van der Waals surface area contributed by atoms with Gasteiger partial charge in [0, 0.05) is 18.9 Å². The molecule has 2 nitrogen and oxygen atoms in total. The van der Waals surface area contributed by atoms with Gasteiger partial charge in [-0.1, -0.05) is 24.3 Å². The van der Waals surface area contributed by atoms with E-state index in [-0.39, 0.29) is 0 Å². The number of hydrogen-bond donors (Lipinski definition) is 1. The van der Waals surface area contributed by atoms with Crippen LogP contribution in [-0.2, 0) is 25.8 Å². The van der Waals surface area contributed by atoms with Gasteiger partial charge >= 0.3 is 0 Å². The van der Waals surface area contributed by atoms with Crippen molar-refractivity contribution in [2.45, 2.75) is 38.6 Å². The molecule has 0 radical (unpaired) electrons. The Bertz CT molecular complexity index is 461. The molecular formula is C18H22N2. The van der Waals surface area contributed by atoms with Crippen LogP contribution in [0.25, 0.3) is 0 Å². The fraction of sp³-hybridized carbons (Fsp3) is 0.389. The van der Waals surface area contributed by atoms with E-state index >= 15 is 0 Å². The fourth-order valence-electron chi connectivity index (χ4n) is 2.98. The molecule has 104 valence electrons. The number of aromatic nitrogens is 1. The standard InChI is InChI=1S/2C9H11N/c2*1-2-4-9-7-10-6-5-8(9)3-1/h5-7H,1-4H2;1-4,10H,5-7H2. The Morgan fingerprint density at radius 2 is 1.55 bits per heavy atom. The average Bonchev–Trinajstić information content (AvgIpc) is 2.56. The second-order valence-electron chi connectivity index (χ2n) is 5.55. The summed E-state index contributed by atoms with van der Waals surface area (Å²) in [5, 5.41) is 3.34. The summed E-state index contributed by atoms with van der Waals surface area (Å²) in [5.41, 5.74) is 5.96. The summed E-state index contributed by atoms with van der Waals surface area (Å²) in [6.07, 6.45) is 10.3. The van der Waals surface area contributed by atoms with E-state index in [4.69, 9.17) is 0 Å². The monoisotopic (exact) mass is 266 g/mol. The van der Waals surface area contributed by atoms with Crippen LogP contribution in [0.4, 0.5) is 0 Å². The second-order valence-corrected chi connectivity index (χ2v) is 5.55. The molecule has 0 amide bonds. The zero-order chi connectivity index (χ0) is 13.6. The van der Waals surface area contributed by atoms with Crippen molar-refractivity contribution in [1.82, 2.24) is 10.3 Å². The first kappa shape index (κ1) is 13.3. The summed E-state index contributed by atoms with van der Waals surface area (Å²) in [7, 11) is 0. The zero-order valence-corrected chi connectivity index (χ0v) is 11.9. The van der Waals surface area contributed by atoms with Gasteiger partial charge in [-0.25, -0.2) is 0 Å². The van der Waals surface area contributed by atoms with Gasteiger partial charge in [0.1, 0.15) is 0 Å². The molecule has 2 heterocycles. The molecule has 4 rings (SSSR count). The van der Waals surface area contributed by atoms with Crippen molar-refractivity contribution in [2.75, 3.05) is 6.54 Å². The number of nitrogens with one attached hydrogen (secondary N) is 1. The molecule has 1 aromatic heterocycles. The Morgan fingerprint density at radius 3 is 2.35 bits per heavy atom. The van der Waals surface area contributed by atoms with Crippen LogP contribution < -0.4 is 5.32 Å². The van der Waals surface area contributed by atoms with Crippen molar-refractivity contribution < 1.29 is 0 Å². The number of nitrogens with zero attached hydrogens (tertiary/aromatic N) is 1. The van der Waals surface area contributed by atoms with E-state index in [1.54, 1.807) is 0 Å². The van der Waals surface area contributed by atoms with Crippen LogP contribution in [-0.4, -0.2) is 11.5 Å². The van der Waals surface area contributed by atoms with Crippen LogP contribution in [0.1, 0.15) is 35.1 Å². The highest BCUT2D eigenvalue weighted by molar-refractivity contribution is 5.28. The van der Waals surface area contributed by atoms with E-state index in [9.17, 15) is 0 Å². The van der Waals surface area contributed by atoms with Crippen molar-refractivity contribution in [3.63, 3.8) is 0 Å². The molecule has 0 atom stereocenters. The molecule has 0 bridgehead atoms. The third-order valence-electron chi connectivity index (χ3n) is 4.15. The van der Waals surface area contributed by atoms with Crippen LogP contribution in [0.15, 0.2) is 42.7 Å². The molecule has 0 saturated carbocycles. The van der Waals surface area contributed by atoms with Crippen molar-refractivity contribution >= 4 is 0 Å². The highest BCUT2D eigenvalue weighted by Crippen LogP contribution is 2.18. The van der Waals surface area contributed by atoms with Crippen molar-refractivity contribution in [3.8, 4) is 0 Å². The topological polar surface area (TPSA) is 24.9 Å². The molecule has 1 aliphatic heterocycles. The summed E-state index contributed by atoms with van der Waals surface area (Å²) in [6.45, 7) is 2.19. The molecule has 1 aromatic carbocycles. The van der Waals surface area contributed by atoms with E-state index in [0.29, 0.717) is 0 Å². The SMILES string of the molecule is c1cc2c(cn1)CCCC2.c1ccc2c(c1)CCNC2. The van der Waals surface area contributed by atoms with E-state index in [1.165, 1.54) is 54.4 Å². The number of fused-ring (bicyclic) bond motifs is 2. The Labute approximate surface area is 121 Å². The highest BCUT2D eigenvalue weighted by atomic mass is 14.9. The van der Waals surface area contributed by atoms with Gasteiger partial charge in [-0.05, 0) is 67.0 Å². The first-order valence-corrected chi connectivity index (χ1v) is 7.63. The third kappa shape index (κ3) is 3.26. The van der Waals surface area contributed by atoms with Crippen LogP contribution in [0, 0.1) is 0 Å². The summed E-state index contributed by atoms with van der Waals surface area (Å²) >= 11 is 0. The lowest BCUT2D eigenvalue weighted by molar-refractivity contribution is 0.644. The molecule has 1 aliphatic carbocycles. The lowest BCUT2D eigenvalue weighted by Crippen LogP contribution is -2.23. The lowest BCUT2D eigenvalue weighted by Gasteiger charge is -2.15. The molecule has 2 heteroatoms. The smallest absolute Gasteiger partial charge is 0.0302 e. The molecule has 0 fully saturated rings. The third-order valence-corrected chi connectivity index (χ3v) is 4.15. The van der Waals surface area contributed by atoms with Crippen molar-refractivity contribution in [3.05, 3.63) is 65.0 Å². The van der Waals surface area contributed by atoms with Gasteiger partial charge in [0.2, 0.25) is 0 Å². The molecule has 1 N–H and O–H groups in total. The number of pyridine rings is 1. The van der Waals surface area contributed by atoms with Crippen LogP contribution in [0.3, 0.4) is 0 Å². The van der Waals surface area contributed by atoms with E-state index < -0.39 is 0 Å². The van der Waals surface area contributed by atoms with Crippen LogP contribution >= 0.6 is 0 Å². The summed E-state index contributed by atoms with van der Waals surface area (Å²) < 4.78 is 0. The van der Waals surface area contributed by atoms with Gasteiger partial charge in [0.05, 0.1) is 0 Å². The molecule has 2 aromatic rings. The van der Waals surface area contributed by atoms with Crippen LogP contribution in [0.2, 0.25) is 0 Å². The predicted molar refractivity (Wildman–Crippen MR) is 82.7 cm³/mol. The molecule has 2 aliphatic rings. The Hall–Kier alpha value is -1.67. The Balaban J connectivity index is 0.000000121. The number of benzene rings is 1. The highest BCUT2D eigenvalue weighted by Gasteiger charge is 2.07. The maximum absolute atomic E-state index is 4.10. The first-order chi connectivity index (χ1) is 9.93.